The first-order valence-electron chi connectivity index (χ1n) is 9.37. The highest BCUT2D eigenvalue weighted by Crippen LogP contribution is 2.37. The van der Waals surface area contributed by atoms with Crippen LogP contribution in [0.4, 0.5) is 0 Å². The van der Waals surface area contributed by atoms with Gasteiger partial charge in [0.15, 0.2) is 0 Å². The van der Waals surface area contributed by atoms with Crippen molar-refractivity contribution in [2.45, 2.75) is 63.6 Å². The van der Waals surface area contributed by atoms with Crippen LogP contribution in [0.5, 0.6) is 5.75 Å². The van der Waals surface area contributed by atoms with E-state index in [2.05, 4.69) is 5.32 Å². The number of fused-ring (bicyclic) bond motifs is 2. The van der Waals surface area contributed by atoms with Crippen LogP contribution in [0.25, 0.3) is 0 Å². The predicted octanol–water partition coefficient (Wildman–Crippen LogP) is 2.09. The molecule has 3 atom stereocenters. The van der Waals surface area contributed by atoms with Gasteiger partial charge in [-0.05, 0) is 50.7 Å². The minimum absolute atomic E-state index is 0.0218. The fourth-order valence-corrected chi connectivity index (χ4v) is 5.81. The molecule has 3 rings (SSSR count). The quantitative estimate of drug-likeness (QED) is 0.786. The van der Waals surface area contributed by atoms with Crippen LogP contribution in [-0.4, -0.2) is 49.6 Å². The van der Waals surface area contributed by atoms with E-state index in [1.807, 2.05) is 31.2 Å². The number of carbonyl (C=O) groups excluding carboxylic acids is 1. The van der Waals surface area contributed by atoms with Gasteiger partial charge in [0, 0.05) is 24.5 Å². The van der Waals surface area contributed by atoms with Crippen LogP contribution in [0.1, 0.15) is 44.6 Å². The lowest BCUT2D eigenvalue weighted by molar-refractivity contribution is -0.122. The molecule has 6 nitrogen and oxygen atoms in total. The molecule has 1 amide bonds. The molecule has 7 heteroatoms. The summed E-state index contributed by atoms with van der Waals surface area (Å²) in [6, 6.07) is 7.94. The Morgan fingerprint density at radius 3 is 2.50 bits per heavy atom. The summed E-state index contributed by atoms with van der Waals surface area (Å²) in [7, 11) is -3.16. The van der Waals surface area contributed by atoms with E-state index in [-0.39, 0.29) is 24.0 Å². The van der Waals surface area contributed by atoms with Gasteiger partial charge in [-0.1, -0.05) is 18.2 Å². The molecule has 2 heterocycles. The fraction of sp³-hybridized carbons (Fsp3) is 0.632. The molecule has 0 radical (unpaired) electrons. The fourth-order valence-electron chi connectivity index (χ4n) is 4.35. The Hall–Kier alpha value is -1.60. The Morgan fingerprint density at radius 1 is 1.23 bits per heavy atom. The first kappa shape index (κ1) is 19.2. The molecular weight excluding hydrogens is 352 g/mol. The smallest absolute Gasteiger partial charge is 0.220 e. The Bertz CT molecular complexity index is 736. The van der Waals surface area contributed by atoms with E-state index < -0.39 is 10.0 Å². The van der Waals surface area contributed by atoms with Crippen molar-refractivity contribution >= 4 is 15.9 Å². The number of nitrogens with one attached hydrogen (secondary N) is 1. The average Bonchev–Trinajstić information content (AvgIpc) is 2.87. The summed E-state index contributed by atoms with van der Waals surface area (Å²) in [5, 5.41) is 3.11. The number of piperidine rings is 1. The number of benzene rings is 1. The minimum atomic E-state index is -3.16. The van der Waals surface area contributed by atoms with Crippen LogP contribution in [0.15, 0.2) is 24.3 Å². The van der Waals surface area contributed by atoms with Gasteiger partial charge in [-0.15, -0.1) is 0 Å². The number of para-hydroxylation sites is 1. The minimum Gasteiger partial charge on any atom is -0.494 e. The molecule has 144 valence electrons. The highest BCUT2D eigenvalue weighted by atomic mass is 32.2. The molecule has 1 aromatic rings. The third-order valence-electron chi connectivity index (χ3n) is 5.31. The summed E-state index contributed by atoms with van der Waals surface area (Å²) < 4.78 is 31.2. The zero-order chi connectivity index (χ0) is 18.7. The van der Waals surface area contributed by atoms with Crippen molar-refractivity contribution in [1.82, 2.24) is 9.62 Å². The molecule has 0 saturated carbocycles. The molecule has 1 unspecified atom stereocenters. The Labute approximate surface area is 156 Å². The third kappa shape index (κ3) is 4.38. The lowest BCUT2D eigenvalue weighted by Crippen LogP contribution is -2.52. The topological polar surface area (TPSA) is 75.7 Å². The normalized spacial score (nSPS) is 25.8. The molecule has 0 aliphatic carbocycles. The zero-order valence-electron chi connectivity index (χ0n) is 15.5. The number of nitrogens with zero attached hydrogens (tertiary/aromatic N) is 1. The first-order valence-corrected chi connectivity index (χ1v) is 11.2. The molecule has 0 spiro atoms. The molecule has 2 bridgehead atoms. The molecule has 1 N–H and O–H groups in total. The SMILES string of the molecule is CCOc1ccccc1CCC(=O)NC1C[C@H]2CC[C@@H](C1)N2S(C)(=O)=O. The number of amides is 1. The standard InChI is InChI=1S/C19H28N2O4S/c1-3-25-18-7-5-4-6-14(18)8-11-19(22)20-15-12-16-9-10-17(13-15)21(16)26(2,23)24/h4-7,15-17H,3,8-13H2,1-2H3,(H,20,22)/t15?,16-,17+. The molecule has 1 aromatic carbocycles. The van der Waals surface area contributed by atoms with E-state index >= 15 is 0 Å². The monoisotopic (exact) mass is 380 g/mol. The third-order valence-corrected chi connectivity index (χ3v) is 6.67. The van der Waals surface area contributed by atoms with Gasteiger partial charge in [-0.3, -0.25) is 4.79 Å². The molecule has 2 fully saturated rings. The van der Waals surface area contributed by atoms with Crippen molar-refractivity contribution in [3.8, 4) is 5.75 Å². The summed E-state index contributed by atoms with van der Waals surface area (Å²) in [5.41, 5.74) is 1.04. The van der Waals surface area contributed by atoms with Gasteiger partial charge >= 0.3 is 0 Å². The summed E-state index contributed by atoms with van der Waals surface area (Å²) in [6.45, 7) is 2.55. The summed E-state index contributed by atoms with van der Waals surface area (Å²) in [6.07, 6.45) is 5.54. The highest BCUT2D eigenvalue weighted by Gasteiger charge is 2.45. The number of sulfonamides is 1. The van der Waals surface area contributed by atoms with E-state index in [1.54, 1.807) is 4.31 Å². The summed E-state index contributed by atoms with van der Waals surface area (Å²) >= 11 is 0. The van der Waals surface area contributed by atoms with Crippen molar-refractivity contribution in [2.24, 2.45) is 0 Å². The van der Waals surface area contributed by atoms with E-state index in [0.29, 0.717) is 32.3 Å². The van der Waals surface area contributed by atoms with E-state index in [4.69, 9.17) is 4.74 Å². The van der Waals surface area contributed by atoms with E-state index in [9.17, 15) is 13.2 Å². The number of ether oxygens (including phenoxy) is 1. The second kappa shape index (κ2) is 7.96. The Balaban J connectivity index is 1.53. The van der Waals surface area contributed by atoms with Crippen molar-refractivity contribution in [3.63, 3.8) is 0 Å². The largest absolute Gasteiger partial charge is 0.494 e. The highest BCUT2D eigenvalue weighted by molar-refractivity contribution is 7.88. The lowest BCUT2D eigenvalue weighted by atomic mass is 9.99. The van der Waals surface area contributed by atoms with E-state index in [1.165, 1.54) is 6.26 Å². The van der Waals surface area contributed by atoms with E-state index in [0.717, 1.165) is 24.2 Å². The second-order valence-corrected chi connectivity index (χ2v) is 9.14. The number of carbonyl (C=O) groups is 1. The van der Waals surface area contributed by atoms with Gasteiger partial charge in [-0.25, -0.2) is 8.42 Å². The van der Waals surface area contributed by atoms with Gasteiger partial charge in [0.1, 0.15) is 5.75 Å². The second-order valence-electron chi connectivity index (χ2n) is 7.25. The van der Waals surface area contributed by atoms with Crippen molar-refractivity contribution in [2.75, 3.05) is 12.9 Å². The number of aryl methyl sites for hydroxylation is 1. The van der Waals surface area contributed by atoms with Crippen LogP contribution in [0, 0.1) is 0 Å². The molecule has 26 heavy (non-hydrogen) atoms. The van der Waals surface area contributed by atoms with Crippen molar-refractivity contribution in [3.05, 3.63) is 29.8 Å². The summed E-state index contributed by atoms with van der Waals surface area (Å²) in [5.74, 6) is 0.857. The van der Waals surface area contributed by atoms with Crippen molar-refractivity contribution in [1.29, 1.82) is 0 Å². The van der Waals surface area contributed by atoms with Crippen LogP contribution in [0.3, 0.4) is 0 Å². The molecular formula is C19H28N2O4S. The van der Waals surface area contributed by atoms with Crippen LogP contribution >= 0.6 is 0 Å². The van der Waals surface area contributed by atoms with Crippen LogP contribution < -0.4 is 10.1 Å². The lowest BCUT2D eigenvalue weighted by Gasteiger charge is -2.37. The maximum Gasteiger partial charge on any atom is 0.220 e. The molecule has 0 aromatic heterocycles. The number of hydrogen-bond acceptors (Lipinski definition) is 4. The van der Waals surface area contributed by atoms with Gasteiger partial charge in [-0.2, -0.15) is 4.31 Å². The van der Waals surface area contributed by atoms with Gasteiger partial charge in [0.25, 0.3) is 0 Å². The molecule has 2 aliphatic rings. The maximum absolute atomic E-state index is 12.4. The molecule has 2 aliphatic heterocycles. The van der Waals surface area contributed by atoms with Gasteiger partial charge < -0.3 is 10.1 Å². The Kier molecular flexibility index (Phi) is 5.87. The first-order chi connectivity index (χ1) is 12.4. The average molecular weight is 381 g/mol. The summed E-state index contributed by atoms with van der Waals surface area (Å²) in [4.78, 5) is 12.4. The zero-order valence-corrected chi connectivity index (χ0v) is 16.3. The predicted molar refractivity (Wildman–Crippen MR) is 101 cm³/mol. The molecule has 2 saturated heterocycles. The van der Waals surface area contributed by atoms with Gasteiger partial charge in [0.2, 0.25) is 15.9 Å². The van der Waals surface area contributed by atoms with Gasteiger partial charge in [0.05, 0.1) is 12.9 Å². The van der Waals surface area contributed by atoms with Crippen molar-refractivity contribution < 1.29 is 17.9 Å². The number of hydrogen-bond donors (Lipinski definition) is 1. The van der Waals surface area contributed by atoms with Crippen LogP contribution in [-0.2, 0) is 21.2 Å². The number of rotatable bonds is 7. The maximum atomic E-state index is 12.4. The van der Waals surface area contributed by atoms with Crippen LogP contribution in [0.2, 0.25) is 0 Å². The Morgan fingerprint density at radius 2 is 1.88 bits per heavy atom.